The quantitative estimate of drug-likeness (QED) is 0.448. The second kappa shape index (κ2) is 2.28. The van der Waals surface area contributed by atoms with Crippen molar-refractivity contribution in [1.29, 1.82) is 0 Å². The molecule has 7 heavy (non-hydrogen) atoms. The lowest BCUT2D eigenvalue weighted by molar-refractivity contribution is 0.459. The average molecular weight is 109 g/mol. The van der Waals surface area contributed by atoms with Crippen LogP contribution in [-0.4, -0.2) is 19.0 Å². The lowest BCUT2D eigenvalue weighted by atomic mass is 10.1. The van der Waals surface area contributed by atoms with Crippen molar-refractivity contribution in [2.24, 2.45) is 5.73 Å². The highest BCUT2D eigenvalue weighted by atomic mass is 14.9. The standard InChI is InChI=1S/C5H12N2/c6-5-2-1-3-7-4-5/h5,7H,1-4,6H2/t5-/m1/s1/i1D2,2D2,3D2,4D2,5D. The molecule has 2 heteroatoms. The maximum atomic E-state index is 7.42. The van der Waals surface area contributed by atoms with E-state index < -0.39 is 31.8 Å². The average Bonchev–Trinajstić information content (AvgIpc) is 1.98. The van der Waals surface area contributed by atoms with Gasteiger partial charge in [-0.1, -0.05) is 0 Å². The number of piperidine rings is 1. The zero-order valence-electron chi connectivity index (χ0n) is 12.6. The maximum Gasteiger partial charge on any atom is 0.0476 e. The summed E-state index contributed by atoms with van der Waals surface area (Å²) in [7, 11) is 0. The van der Waals surface area contributed by atoms with Crippen molar-refractivity contribution in [3.8, 4) is 0 Å². The Labute approximate surface area is 56.7 Å². The molecule has 1 saturated heterocycles. The van der Waals surface area contributed by atoms with E-state index in [9.17, 15) is 0 Å². The van der Waals surface area contributed by atoms with Crippen LogP contribution in [0.3, 0.4) is 0 Å². The van der Waals surface area contributed by atoms with E-state index in [1.807, 2.05) is 0 Å². The van der Waals surface area contributed by atoms with Gasteiger partial charge in [0.1, 0.15) is 0 Å². The third-order valence-corrected chi connectivity index (χ3v) is 0.519. The van der Waals surface area contributed by atoms with Crippen LogP contribution in [0.2, 0.25) is 0 Å². The molecule has 0 aromatic heterocycles. The Kier molecular flexibility index (Phi) is 0.312. The lowest BCUT2D eigenvalue weighted by Crippen LogP contribution is -2.39. The second-order valence-electron chi connectivity index (χ2n) is 1.04. The molecule has 0 spiro atoms. The lowest BCUT2D eigenvalue weighted by Gasteiger charge is -2.17. The number of nitrogens with two attached hydrogens (primary N) is 1. The fourth-order valence-electron chi connectivity index (χ4n) is 0.260. The van der Waals surface area contributed by atoms with Crippen LogP contribution in [0.25, 0.3) is 0 Å². The van der Waals surface area contributed by atoms with E-state index >= 15 is 0 Å². The van der Waals surface area contributed by atoms with Gasteiger partial charge >= 0.3 is 0 Å². The molecule has 1 aliphatic rings. The summed E-state index contributed by atoms with van der Waals surface area (Å²) in [5.41, 5.74) is 5.18. The summed E-state index contributed by atoms with van der Waals surface area (Å²) in [6.07, 6.45) is -6.33. The zero-order chi connectivity index (χ0) is 13.2. The summed E-state index contributed by atoms with van der Waals surface area (Å²) in [4.78, 5) is 0. The van der Waals surface area contributed by atoms with Gasteiger partial charge in [0.15, 0.2) is 0 Å². The summed E-state index contributed by atoms with van der Waals surface area (Å²) in [5, 5.41) is 1.61. The molecule has 2 nitrogen and oxygen atoms in total. The minimum absolute atomic E-state index is 1.61. The van der Waals surface area contributed by atoms with Gasteiger partial charge in [-0.3, -0.25) is 0 Å². The van der Waals surface area contributed by atoms with E-state index in [4.69, 9.17) is 18.1 Å². The molecule has 1 aliphatic heterocycles. The molecular formula is C5H12N2. The largest absolute Gasteiger partial charge is 0.327 e. The Morgan fingerprint density at radius 1 is 2.00 bits per heavy atom. The smallest absolute Gasteiger partial charge is 0.0476 e. The Balaban J connectivity index is 3.43. The van der Waals surface area contributed by atoms with E-state index in [1.165, 1.54) is 0 Å². The van der Waals surface area contributed by atoms with Gasteiger partial charge in [0, 0.05) is 24.9 Å². The zero-order valence-corrected chi connectivity index (χ0v) is 3.58. The molecule has 42 valence electrons. The first kappa shape index (κ1) is 0.957. The first-order chi connectivity index (χ1) is 6.71. The highest BCUT2D eigenvalue weighted by Gasteiger charge is 2.05. The van der Waals surface area contributed by atoms with Gasteiger partial charge in [-0.2, -0.15) is 0 Å². The summed E-state index contributed by atoms with van der Waals surface area (Å²) >= 11 is 0. The molecule has 0 bridgehead atoms. The van der Waals surface area contributed by atoms with Gasteiger partial charge in [-0.15, -0.1) is 0 Å². The number of hydrogen-bond acceptors (Lipinski definition) is 2. The van der Waals surface area contributed by atoms with Crippen molar-refractivity contribution >= 4 is 0 Å². The van der Waals surface area contributed by atoms with Crippen molar-refractivity contribution in [3.05, 3.63) is 0 Å². The molecule has 0 aromatic carbocycles. The van der Waals surface area contributed by atoms with Crippen molar-refractivity contribution < 1.29 is 12.3 Å². The summed E-state index contributed by atoms with van der Waals surface area (Å²) in [5.74, 6) is 0. The van der Waals surface area contributed by atoms with Crippen molar-refractivity contribution in [2.75, 3.05) is 13.0 Å². The minimum atomic E-state index is -3.20. The number of rotatable bonds is 0. The summed E-state index contributed by atoms with van der Waals surface area (Å²) in [6.45, 7) is -5.87. The van der Waals surface area contributed by atoms with E-state index in [0.717, 1.165) is 0 Å². The molecule has 0 saturated carbocycles. The Morgan fingerprint density at radius 3 is 3.71 bits per heavy atom. The molecule has 1 heterocycles. The molecule has 0 aliphatic carbocycles. The van der Waals surface area contributed by atoms with Crippen LogP contribution in [0.1, 0.15) is 25.1 Å². The maximum absolute atomic E-state index is 7.42. The highest BCUT2D eigenvalue weighted by Crippen LogP contribution is 1.96. The van der Waals surface area contributed by atoms with Gasteiger partial charge < -0.3 is 11.1 Å². The molecule has 3 N–H and O–H groups in total. The predicted octanol–water partition coefficient (Wildman–Crippen LogP) is -0.303. The monoisotopic (exact) mass is 109 g/mol. The van der Waals surface area contributed by atoms with Gasteiger partial charge in [0.2, 0.25) is 0 Å². The van der Waals surface area contributed by atoms with Crippen LogP contribution in [0.4, 0.5) is 0 Å². The van der Waals surface area contributed by atoms with E-state index in [1.54, 1.807) is 5.32 Å². The normalized spacial score (nSPS) is 91.3. The predicted molar refractivity (Wildman–Crippen MR) is 30.1 cm³/mol. The Bertz CT molecular complexity index is 281. The van der Waals surface area contributed by atoms with Crippen molar-refractivity contribution in [1.82, 2.24) is 5.32 Å². The molecule has 0 aromatic rings. The summed E-state index contributed by atoms with van der Waals surface area (Å²) < 4.78 is 66.1. The Hall–Kier alpha value is -0.0800. The molecule has 0 radical (unpaired) electrons. The molecular weight excluding hydrogens is 88.1 g/mol. The number of hydrogen-bond donors (Lipinski definition) is 2. The van der Waals surface area contributed by atoms with Gasteiger partial charge in [0.05, 0.1) is 0 Å². The summed E-state index contributed by atoms with van der Waals surface area (Å²) in [6, 6.07) is -2.95. The van der Waals surface area contributed by atoms with E-state index in [0.29, 0.717) is 0 Å². The molecule has 0 amide bonds. The molecule has 1 atom stereocenters. The van der Waals surface area contributed by atoms with Gasteiger partial charge in [-0.05, 0) is 19.2 Å². The van der Waals surface area contributed by atoms with Crippen LogP contribution in [0.5, 0.6) is 0 Å². The number of nitrogens with one attached hydrogen (secondary N) is 1. The molecule has 1 rings (SSSR count). The van der Waals surface area contributed by atoms with Crippen LogP contribution in [0.15, 0.2) is 0 Å². The second-order valence-corrected chi connectivity index (χ2v) is 1.04. The van der Waals surface area contributed by atoms with Gasteiger partial charge in [-0.25, -0.2) is 0 Å². The SMILES string of the molecule is [2H]C1([2H])NC([2H])([2H])[C@]([2H])(N)C([2H])([2H])C1([2H])[2H]. The highest BCUT2D eigenvalue weighted by molar-refractivity contribution is 4.69. The fourth-order valence-corrected chi connectivity index (χ4v) is 0.260. The Morgan fingerprint density at radius 2 is 2.86 bits per heavy atom. The van der Waals surface area contributed by atoms with E-state index in [-0.39, 0.29) is 0 Å². The van der Waals surface area contributed by atoms with Crippen LogP contribution < -0.4 is 11.1 Å². The first-order valence-corrected chi connectivity index (χ1v) is 1.79. The molecule has 0 unspecified atom stereocenters. The van der Waals surface area contributed by atoms with Gasteiger partial charge in [0.25, 0.3) is 0 Å². The minimum Gasteiger partial charge on any atom is -0.327 e. The van der Waals surface area contributed by atoms with E-state index in [2.05, 4.69) is 0 Å². The fraction of sp³-hybridized carbons (Fsp3) is 1.00. The van der Waals surface area contributed by atoms with Crippen molar-refractivity contribution in [2.45, 2.75) is 18.8 Å². The first-order valence-electron chi connectivity index (χ1n) is 6.29. The third kappa shape index (κ3) is 1.45. The van der Waals surface area contributed by atoms with Crippen molar-refractivity contribution in [3.63, 3.8) is 0 Å². The third-order valence-electron chi connectivity index (χ3n) is 0.519. The molecule has 1 fully saturated rings. The topological polar surface area (TPSA) is 38.0 Å². The van der Waals surface area contributed by atoms with Crippen LogP contribution in [0, 0.1) is 0 Å². The van der Waals surface area contributed by atoms with Crippen LogP contribution in [-0.2, 0) is 0 Å². The van der Waals surface area contributed by atoms with Crippen LogP contribution >= 0.6 is 0 Å².